The standard InChI is InChI=1S/C25H32BN2O4/c1-24(2)25(3,4)32-26(31-24)19-15-18-16(22-17(19)9-8-13-27(22)5)12-14-28(23(18)30)20-10-6-7-11-21(20)29/h8-9,12-15,20-21,29H,6-7,10-11H2,1-5H3/q+1. The Labute approximate surface area is 188 Å². The van der Waals surface area contributed by atoms with Crippen LogP contribution in [0.5, 0.6) is 0 Å². The maximum atomic E-state index is 13.7. The van der Waals surface area contributed by atoms with Crippen molar-refractivity contribution in [3.63, 3.8) is 0 Å². The van der Waals surface area contributed by atoms with E-state index in [9.17, 15) is 9.90 Å². The van der Waals surface area contributed by atoms with Crippen LogP contribution in [0.4, 0.5) is 0 Å². The molecule has 32 heavy (non-hydrogen) atoms. The van der Waals surface area contributed by atoms with Gasteiger partial charge in [-0.1, -0.05) is 12.8 Å². The van der Waals surface area contributed by atoms with Gasteiger partial charge in [0, 0.05) is 17.6 Å². The number of fused-ring (bicyclic) bond motifs is 3. The Morgan fingerprint density at radius 1 is 1.06 bits per heavy atom. The first kappa shape index (κ1) is 21.6. The molecule has 0 bridgehead atoms. The summed E-state index contributed by atoms with van der Waals surface area (Å²) >= 11 is 0. The molecule has 3 aromatic rings. The molecule has 1 saturated carbocycles. The van der Waals surface area contributed by atoms with Gasteiger partial charge in [-0.05, 0) is 64.2 Å². The molecule has 2 aliphatic rings. The van der Waals surface area contributed by atoms with Crippen LogP contribution in [-0.4, -0.2) is 34.1 Å². The Kier molecular flexibility index (Phi) is 5.00. The number of hydrogen-bond acceptors (Lipinski definition) is 4. The molecule has 2 fully saturated rings. The predicted molar refractivity (Wildman–Crippen MR) is 126 cm³/mol. The fraction of sp³-hybridized carbons (Fsp3) is 0.520. The van der Waals surface area contributed by atoms with Crippen LogP contribution in [0, 0.1) is 0 Å². The van der Waals surface area contributed by atoms with Gasteiger partial charge in [0.25, 0.3) is 5.56 Å². The molecule has 1 aromatic carbocycles. The molecule has 2 unspecified atom stereocenters. The van der Waals surface area contributed by atoms with E-state index in [1.165, 1.54) is 0 Å². The topological polar surface area (TPSA) is 64.6 Å². The second-order valence-electron chi connectivity index (χ2n) is 10.3. The highest BCUT2D eigenvalue weighted by Crippen LogP contribution is 2.37. The molecule has 168 valence electrons. The van der Waals surface area contributed by atoms with Gasteiger partial charge in [0.05, 0.1) is 34.1 Å². The van der Waals surface area contributed by atoms with Crippen LogP contribution >= 0.6 is 0 Å². The molecule has 1 N–H and O–H groups in total. The highest BCUT2D eigenvalue weighted by Gasteiger charge is 2.52. The van der Waals surface area contributed by atoms with E-state index in [4.69, 9.17) is 9.31 Å². The van der Waals surface area contributed by atoms with E-state index in [-0.39, 0.29) is 11.6 Å². The third-order valence-electron chi connectivity index (χ3n) is 7.76. The Morgan fingerprint density at radius 3 is 2.44 bits per heavy atom. The number of aromatic nitrogens is 2. The first-order valence-electron chi connectivity index (χ1n) is 11.6. The highest BCUT2D eigenvalue weighted by atomic mass is 16.7. The van der Waals surface area contributed by atoms with Crippen molar-refractivity contribution in [2.24, 2.45) is 7.05 Å². The van der Waals surface area contributed by atoms with Crippen molar-refractivity contribution >= 4 is 34.3 Å². The third-order valence-corrected chi connectivity index (χ3v) is 7.76. The van der Waals surface area contributed by atoms with Crippen molar-refractivity contribution in [3.8, 4) is 0 Å². The lowest BCUT2D eigenvalue weighted by atomic mass is 9.75. The average Bonchev–Trinajstić information content (AvgIpc) is 2.95. The average molecular weight is 435 g/mol. The Balaban J connectivity index is 1.76. The van der Waals surface area contributed by atoms with Crippen molar-refractivity contribution in [2.45, 2.75) is 76.7 Å². The summed E-state index contributed by atoms with van der Waals surface area (Å²) in [5.41, 5.74) is 0.819. The van der Waals surface area contributed by atoms with Crippen LogP contribution in [-0.2, 0) is 16.4 Å². The fourth-order valence-corrected chi connectivity index (χ4v) is 5.17. The number of aliphatic hydroxyl groups is 1. The van der Waals surface area contributed by atoms with Gasteiger partial charge in [0.15, 0.2) is 6.20 Å². The zero-order valence-corrected chi connectivity index (χ0v) is 19.6. The van der Waals surface area contributed by atoms with Crippen molar-refractivity contribution in [2.75, 3.05) is 0 Å². The lowest BCUT2D eigenvalue weighted by Gasteiger charge is -2.32. The van der Waals surface area contributed by atoms with Gasteiger partial charge in [-0.3, -0.25) is 4.79 Å². The number of hydrogen-bond donors (Lipinski definition) is 1. The van der Waals surface area contributed by atoms with Gasteiger partial charge in [0.2, 0.25) is 5.52 Å². The molecule has 7 heteroatoms. The SMILES string of the molecule is C[n+]1cccc2c(B3OC(C)(C)C(C)(C)O3)cc3c(=O)n(C4CCCCC4O)ccc3c21. The molecule has 0 radical (unpaired) electrons. The van der Waals surface area contributed by atoms with Crippen LogP contribution in [0.1, 0.15) is 59.4 Å². The van der Waals surface area contributed by atoms with E-state index in [0.29, 0.717) is 5.39 Å². The van der Waals surface area contributed by atoms with Crippen LogP contribution in [0.15, 0.2) is 41.5 Å². The minimum absolute atomic E-state index is 0.0722. The van der Waals surface area contributed by atoms with Gasteiger partial charge >= 0.3 is 7.12 Å². The van der Waals surface area contributed by atoms with Crippen LogP contribution in [0.3, 0.4) is 0 Å². The van der Waals surface area contributed by atoms with E-state index in [1.54, 1.807) is 4.57 Å². The molecular weight excluding hydrogens is 403 g/mol. The summed E-state index contributed by atoms with van der Waals surface area (Å²) < 4.78 is 16.5. The second kappa shape index (κ2) is 7.40. The zero-order chi connectivity index (χ0) is 22.8. The molecule has 0 amide bonds. The monoisotopic (exact) mass is 435 g/mol. The number of aliphatic hydroxyl groups excluding tert-OH is 1. The van der Waals surface area contributed by atoms with Gasteiger partial charge in [-0.15, -0.1) is 0 Å². The minimum atomic E-state index is -0.567. The van der Waals surface area contributed by atoms with Gasteiger partial charge in [-0.2, -0.15) is 0 Å². The summed E-state index contributed by atoms with van der Waals surface area (Å²) in [5, 5.41) is 13.1. The lowest BCUT2D eigenvalue weighted by Crippen LogP contribution is -2.41. The smallest absolute Gasteiger partial charge is 0.399 e. The first-order chi connectivity index (χ1) is 15.1. The van der Waals surface area contributed by atoms with Gasteiger partial charge in [-0.25, -0.2) is 4.57 Å². The molecule has 2 atom stereocenters. The predicted octanol–water partition coefficient (Wildman–Crippen LogP) is 2.75. The summed E-state index contributed by atoms with van der Waals surface area (Å²) in [6.45, 7) is 8.14. The Morgan fingerprint density at radius 2 is 1.75 bits per heavy atom. The number of nitrogens with zero attached hydrogens (tertiary/aromatic N) is 2. The summed E-state index contributed by atoms with van der Waals surface area (Å²) in [4.78, 5) is 13.7. The van der Waals surface area contributed by atoms with Crippen LogP contribution in [0.25, 0.3) is 21.7 Å². The van der Waals surface area contributed by atoms with E-state index in [2.05, 4.69) is 6.07 Å². The lowest BCUT2D eigenvalue weighted by molar-refractivity contribution is -0.644. The maximum absolute atomic E-state index is 13.7. The Bertz CT molecular complexity index is 1250. The molecule has 1 saturated heterocycles. The normalized spacial score (nSPS) is 25.0. The van der Waals surface area contributed by atoms with E-state index in [1.807, 2.05) is 69.9 Å². The second-order valence-corrected chi connectivity index (χ2v) is 10.3. The van der Waals surface area contributed by atoms with Crippen molar-refractivity contribution in [1.29, 1.82) is 0 Å². The zero-order valence-electron chi connectivity index (χ0n) is 19.6. The number of pyridine rings is 2. The summed E-state index contributed by atoms with van der Waals surface area (Å²) in [5.74, 6) is 0. The molecule has 1 aliphatic heterocycles. The van der Waals surface area contributed by atoms with Crippen molar-refractivity contribution < 1.29 is 19.0 Å². The number of rotatable bonds is 2. The summed E-state index contributed by atoms with van der Waals surface area (Å²) in [7, 11) is 1.43. The van der Waals surface area contributed by atoms with E-state index in [0.717, 1.165) is 47.4 Å². The summed E-state index contributed by atoms with van der Waals surface area (Å²) in [6.07, 6.45) is 6.94. The van der Waals surface area contributed by atoms with Gasteiger partial charge < -0.3 is 19.0 Å². The quantitative estimate of drug-likeness (QED) is 0.382. The van der Waals surface area contributed by atoms with Crippen LogP contribution < -0.4 is 15.6 Å². The first-order valence-corrected chi connectivity index (χ1v) is 11.6. The fourth-order valence-electron chi connectivity index (χ4n) is 5.17. The molecule has 2 aromatic heterocycles. The molecule has 1 aliphatic carbocycles. The number of aryl methyl sites for hydroxylation is 1. The third kappa shape index (κ3) is 3.21. The molecule has 6 nitrogen and oxygen atoms in total. The van der Waals surface area contributed by atoms with Crippen molar-refractivity contribution in [3.05, 3.63) is 47.0 Å². The number of benzene rings is 1. The summed E-state index contributed by atoms with van der Waals surface area (Å²) in [6, 6.07) is 7.83. The largest absolute Gasteiger partial charge is 0.495 e. The van der Waals surface area contributed by atoms with Gasteiger partial charge in [0.1, 0.15) is 7.05 Å². The van der Waals surface area contributed by atoms with Crippen LogP contribution in [0.2, 0.25) is 0 Å². The molecule has 3 heterocycles. The highest BCUT2D eigenvalue weighted by molar-refractivity contribution is 6.65. The molecule has 0 spiro atoms. The minimum Gasteiger partial charge on any atom is -0.399 e. The van der Waals surface area contributed by atoms with Crippen molar-refractivity contribution in [1.82, 2.24) is 4.57 Å². The Hall–Kier alpha value is -2.22. The van der Waals surface area contributed by atoms with E-state index >= 15 is 0 Å². The molecule has 5 rings (SSSR count). The maximum Gasteiger partial charge on any atom is 0.495 e. The van der Waals surface area contributed by atoms with E-state index < -0.39 is 24.4 Å². The molecular formula is C25H32BN2O4+.